The summed E-state index contributed by atoms with van der Waals surface area (Å²) in [6.45, 7) is 2.14. The van der Waals surface area contributed by atoms with E-state index in [1.165, 1.54) is 5.56 Å². The zero-order chi connectivity index (χ0) is 8.27. The minimum atomic E-state index is 0.500. The van der Waals surface area contributed by atoms with Crippen LogP contribution in [0.3, 0.4) is 0 Å². The number of hydrogen-bond acceptors (Lipinski definition) is 1. The van der Waals surface area contributed by atoms with E-state index in [0.717, 1.165) is 5.33 Å². The smallest absolute Gasteiger partial charge is 0.129 e. The molecule has 0 N–H and O–H groups in total. The van der Waals surface area contributed by atoms with Crippen molar-refractivity contribution in [3.8, 4) is 0 Å². The number of alkyl halides is 1. The first-order chi connectivity index (χ1) is 5.24. The monoisotopic (exact) mass is 233 g/mol. The van der Waals surface area contributed by atoms with Crippen molar-refractivity contribution in [2.75, 3.05) is 5.33 Å². The molecule has 0 spiro atoms. The highest BCUT2D eigenvalue weighted by Gasteiger charge is 2.02. The lowest BCUT2D eigenvalue weighted by Crippen LogP contribution is -1.94. The van der Waals surface area contributed by atoms with Crippen molar-refractivity contribution in [1.82, 2.24) is 4.98 Å². The van der Waals surface area contributed by atoms with Crippen LogP contribution in [0.25, 0.3) is 0 Å². The Hall–Kier alpha value is -0.0800. The van der Waals surface area contributed by atoms with Crippen LogP contribution in [0.2, 0.25) is 5.15 Å². The van der Waals surface area contributed by atoms with Gasteiger partial charge >= 0.3 is 0 Å². The Labute approximate surface area is 79.9 Å². The SMILES string of the molecule is CC(CBr)c1ccc(Cl)nc1. The van der Waals surface area contributed by atoms with Crippen molar-refractivity contribution >= 4 is 27.5 Å². The van der Waals surface area contributed by atoms with Crippen molar-refractivity contribution in [2.45, 2.75) is 12.8 Å². The molecule has 1 unspecified atom stereocenters. The number of hydrogen-bond donors (Lipinski definition) is 0. The first kappa shape index (κ1) is 9.01. The van der Waals surface area contributed by atoms with Gasteiger partial charge in [-0.2, -0.15) is 0 Å². The molecular weight excluding hydrogens is 225 g/mol. The molecule has 0 bridgehead atoms. The summed E-state index contributed by atoms with van der Waals surface area (Å²) in [7, 11) is 0. The van der Waals surface area contributed by atoms with Gasteiger partial charge in [0.15, 0.2) is 0 Å². The zero-order valence-corrected chi connectivity index (χ0v) is 8.56. The molecule has 11 heavy (non-hydrogen) atoms. The van der Waals surface area contributed by atoms with Crippen LogP contribution in [0, 0.1) is 0 Å². The molecule has 1 aromatic rings. The minimum Gasteiger partial charge on any atom is -0.244 e. The number of aromatic nitrogens is 1. The lowest BCUT2D eigenvalue weighted by atomic mass is 10.1. The summed E-state index contributed by atoms with van der Waals surface area (Å²) in [4.78, 5) is 3.99. The largest absolute Gasteiger partial charge is 0.244 e. The van der Waals surface area contributed by atoms with Crippen LogP contribution in [0.4, 0.5) is 0 Å². The summed E-state index contributed by atoms with van der Waals surface area (Å²) in [6, 6.07) is 3.82. The molecule has 0 aliphatic carbocycles. The molecule has 0 saturated carbocycles. The fourth-order valence-electron chi connectivity index (χ4n) is 0.768. The molecule has 60 valence electrons. The second kappa shape index (κ2) is 4.07. The zero-order valence-electron chi connectivity index (χ0n) is 6.22. The van der Waals surface area contributed by atoms with E-state index in [4.69, 9.17) is 11.6 Å². The maximum atomic E-state index is 5.64. The molecule has 1 aromatic heterocycles. The van der Waals surface area contributed by atoms with Gasteiger partial charge in [-0.3, -0.25) is 0 Å². The molecule has 3 heteroatoms. The normalized spacial score (nSPS) is 13.0. The van der Waals surface area contributed by atoms with Gasteiger partial charge in [0.05, 0.1) is 0 Å². The predicted molar refractivity (Wildman–Crippen MR) is 51.5 cm³/mol. The predicted octanol–water partition coefficient (Wildman–Crippen LogP) is 3.23. The van der Waals surface area contributed by atoms with E-state index < -0.39 is 0 Å². The highest BCUT2D eigenvalue weighted by atomic mass is 79.9. The van der Waals surface area contributed by atoms with Crippen LogP contribution in [0.5, 0.6) is 0 Å². The van der Waals surface area contributed by atoms with Crippen LogP contribution in [0.1, 0.15) is 18.4 Å². The van der Waals surface area contributed by atoms with Crippen molar-refractivity contribution in [2.24, 2.45) is 0 Å². The molecule has 0 aromatic carbocycles. The fourth-order valence-corrected chi connectivity index (χ4v) is 1.25. The second-order valence-electron chi connectivity index (χ2n) is 2.47. The van der Waals surface area contributed by atoms with Gasteiger partial charge in [-0.05, 0) is 17.5 Å². The molecule has 0 fully saturated rings. The number of pyridine rings is 1. The Morgan fingerprint density at radius 1 is 1.64 bits per heavy atom. The number of rotatable bonds is 2. The van der Waals surface area contributed by atoms with E-state index >= 15 is 0 Å². The summed E-state index contributed by atoms with van der Waals surface area (Å²) < 4.78 is 0. The number of halogens is 2. The van der Waals surface area contributed by atoms with Crippen molar-refractivity contribution in [3.05, 3.63) is 29.0 Å². The minimum absolute atomic E-state index is 0.500. The van der Waals surface area contributed by atoms with E-state index in [1.54, 1.807) is 0 Å². The van der Waals surface area contributed by atoms with Crippen LogP contribution >= 0.6 is 27.5 Å². The summed E-state index contributed by atoms with van der Waals surface area (Å²) in [5.74, 6) is 0.500. The Morgan fingerprint density at radius 3 is 2.82 bits per heavy atom. The third-order valence-corrected chi connectivity index (χ3v) is 2.75. The number of nitrogens with zero attached hydrogens (tertiary/aromatic N) is 1. The Bertz CT molecular complexity index is 222. The highest BCUT2D eigenvalue weighted by Crippen LogP contribution is 2.17. The van der Waals surface area contributed by atoms with Gasteiger partial charge in [-0.15, -0.1) is 0 Å². The average Bonchev–Trinajstić information content (AvgIpc) is 2.05. The van der Waals surface area contributed by atoms with Crippen LogP contribution < -0.4 is 0 Å². The molecule has 0 saturated heterocycles. The van der Waals surface area contributed by atoms with Gasteiger partial charge < -0.3 is 0 Å². The molecule has 0 amide bonds. The fraction of sp³-hybridized carbons (Fsp3) is 0.375. The van der Waals surface area contributed by atoms with Gasteiger partial charge in [0, 0.05) is 11.5 Å². The Morgan fingerprint density at radius 2 is 2.36 bits per heavy atom. The third kappa shape index (κ3) is 2.46. The van der Waals surface area contributed by atoms with E-state index in [-0.39, 0.29) is 0 Å². The van der Waals surface area contributed by atoms with E-state index in [2.05, 4.69) is 27.8 Å². The van der Waals surface area contributed by atoms with E-state index in [9.17, 15) is 0 Å². The lowest BCUT2D eigenvalue weighted by molar-refractivity contribution is 0.878. The lowest BCUT2D eigenvalue weighted by Gasteiger charge is -2.05. The molecule has 0 radical (unpaired) electrons. The van der Waals surface area contributed by atoms with Crippen LogP contribution in [0.15, 0.2) is 18.3 Å². The summed E-state index contributed by atoms with van der Waals surface area (Å²) >= 11 is 9.05. The topological polar surface area (TPSA) is 12.9 Å². The molecule has 1 rings (SSSR count). The Kier molecular flexibility index (Phi) is 3.34. The Balaban J connectivity index is 2.81. The van der Waals surface area contributed by atoms with Gasteiger partial charge in [0.25, 0.3) is 0 Å². The summed E-state index contributed by atoms with van der Waals surface area (Å²) in [6.07, 6.45) is 1.81. The van der Waals surface area contributed by atoms with Crippen molar-refractivity contribution in [3.63, 3.8) is 0 Å². The first-order valence-corrected chi connectivity index (χ1v) is 4.91. The van der Waals surface area contributed by atoms with E-state index in [0.29, 0.717) is 11.1 Å². The molecular formula is C8H9BrClN. The van der Waals surface area contributed by atoms with Crippen LogP contribution in [-0.4, -0.2) is 10.3 Å². The van der Waals surface area contributed by atoms with E-state index in [1.807, 2.05) is 18.3 Å². The molecule has 0 aliphatic heterocycles. The summed E-state index contributed by atoms with van der Waals surface area (Å²) in [5.41, 5.74) is 1.21. The van der Waals surface area contributed by atoms with Crippen molar-refractivity contribution in [1.29, 1.82) is 0 Å². The molecule has 1 nitrogen and oxygen atoms in total. The standard InChI is InChI=1S/C8H9BrClN/c1-6(4-9)7-2-3-8(10)11-5-7/h2-3,5-6H,4H2,1H3. The van der Waals surface area contributed by atoms with Gasteiger partial charge in [-0.1, -0.05) is 40.5 Å². The quantitative estimate of drug-likeness (QED) is 0.565. The van der Waals surface area contributed by atoms with Gasteiger partial charge in [0.1, 0.15) is 5.15 Å². The highest BCUT2D eigenvalue weighted by molar-refractivity contribution is 9.09. The molecule has 0 aliphatic rings. The molecule has 1 heterocycles. The van der Waals surface area contributed by atoms with Crippen molar-refractivity contribution < 1.29 is 0 Å². The molecule has 1 atom stereocenters. The van der Waals surface area contributed by atoms with Crippen LogP contribution in [-0.2, 0) is 0 Å². The van der Waals surface area contributed by atoms with Gasteiger partial charge in [0.2, 0.25) is 0 Å². The maximum Gasteiger partial charge on any atom is 0.129 e. The first-order valence-electron chi connectivity index (χ1n) is 3.41. The average molecular weight is 235 g/mol. The second-order valence-corrected chi connectivity index (χ2v) is 3.50. The van der Waals surface area contributed by atoms with Gasteiger partial charge in [-0.25, -0.2) is 4.98 Å². The maximum absolute atomic E-state index is 5.64. The third-order valence-electron chi connectivity index (χ3n) is 1.55. The summed E-state index contributed by atoms with van der Waals surface area (Å²) in [5, 5.41) is 1.51.